The van der Waals surface area contributed by atoms with Crippen molar-refractivity contribution in [2.75, 3.05) is 43.4 Å². The number of nitrogens with zero attached hydrogens (tertiary/aromatic N) is 2. The molecule has 1 unspecified atom stereocenters. The van der Waals surface area contributed by atoms with Crippen molar-refractivity contribution in [3.63, 3.8) is 0 Å². The molecule has 1 aromatic heterocycles. The minimum Gasteiger partial charge on any atom is -0.360 e. The van der Waals surface area contributed by atoms with E-state index >= 15 is 0 Å². The summed E-state index contributed by atoms with van der Waals surface area (Å²) < 4.78 is 26.6. The molecule has 2 N–H and O–H groups in total. The summed E-state index contributed by atoms with van der Waals surface area (Å²) in [5.41, 5.74) is 2.32. The topological polar surface area (TPSA) is 66.7 Å². The second-order valence-electron chi connectivity index (χ2n) is 6.57. The van der Waals surface area contributed by atoms with E-state index in [-0.39, 0.29) is 11.8 Å². The highest BCUT2D eigenvalue weighted by molar-refractivity contribution is 7.89. The predicted molar refractivity (Wildman–Crippen MR) is 104 cm³/mol. The Morgan fingerprint density at radius 1 is 1.15 bits per heavy atom. The van der Waals surface area contributed by atoms with Crippen molar-refractivity contribution in [3.05, 3.63) is 60.4 Å². The quantitative estimate of drug-likeness (QED) is 0.738. The van der Waals surface area contributed by atoms with Gasteiger partial charge in [0.2, 0.25) is 10.0 Å². The molecule has 2 aromatic rings. The second kappa shape index (κ2) is 8.62. The van der Waals surface area contributed by atoms with Crippen molar-refractivity contribution >= 4 is 15.7 Å². The molecule has 1 aromatic carbocycles. The van der Waals surface area contributed by atoms with E-state index in [0.29, 0.717) is 6.54 Å². The van der Waals surface area contributed by atoms with E-state index < -0.39 is 10.0 Å². The van der Waals surface area contributed by atoms with Crippen molar-refractivity contribution in [3.8, 4) is 0 Å². The third-order valence-electron chi connectivity index (χ3n) is 4.99. The summed E-state index contributed by atoms with van der Waals surface area (Å²) in [4.78, 5) is 8.01. The molecule has 0 bridgehead atoms. The molecular weight excluding hydrogens is 348 g/mol. The molecule has 0 spiro atoms. The first-order chi connectivity index (χ1) is 12.6. The number of rotatable bonds is 7. The number of aromatic nitrogens is 1. The average molecular weight is 376 g/mol. The minimum absolute atomic E-state index is 0.0722. The third-order valence-corrected chi connectivity index (χ3v) is 6.36. The van der Waals surface area contributed by atoms with Crippen LogP contribution in [0.1, 0.15) is 18.5 Å². The number of piperazine rings is 1. The number of benzene rings is 1. The second-order valence-corrected chi connectivity index (χ2v) is 8.67. The van der Waals surface area contributed by atoms with Crippen LogP contribution in [-0.2, 0) is 10.0 Å². The first kappa shape index (κ1) is 18.8. The monoisotopic (exact) mass is 375 g/mol. The van der Waals surface area contributed by atoms with Crippen LogP contribution >= 0.6 is 0 Å². The molecule has 3 rings (SSSR count). The Balaban J connectivity index is 1.70. The third kappa shape index (κ3) is 4.81. The van der Waals surface area contributed by atoms with Crippen LogP contribution in [0.25, 0.3) is 0 Å². The van der Waals surface area contributed by atoms with Gasteiger partial charge in [0, 0.05) is 23.6 Å². The lowest BCUT2D eigenvalue weighted by Gasteiger charge is -2.37. The zero-order valence-electron chi connectivity index (χ0n) is 15.1. The minimum atomic E-state index is -3.21. The number of quaternary nitrogens is 1. The van der Waals surface area contributed by atoms with Gasteiger partial charge in [0.1, 0.15) is 6.04 Å². The Morgan fingerprint density at radius 3 is 2.50 bits per heavy atom. The van der Waals surface area contributed by atoms with E-state index in [2.05, 4.69) is 38.9 Å². The summed E-state index contributed by atoms with van der Waals surface area (Å²) in [5.74, 6) is 0.101. The summed E-state index contributed by atoms with van der Waals surface area (Å²) in [5, 5.41) is 0. The van der Waals surface area contributed by atoms with E-state index in [4.69, 9.17) is 0 Å². The summed E-state index contributed by atoms with van der Waals surface area (Å²) in [6, 6.07) is 14.5. The molecule has 1 saturated heterocycles. The van der Waals surface area contributed by atoms with Crippen LogP contribution in [0.5, 0.6) is 0 Å². The van der Waals surface area contributed by atoms with E-state index in [1.165, 1.54) is 10.6 Å². The molecule has 1 fully saturated rings. The standard InChI is InChI=1S/C19H26N4O2S/c1-2-26(24,25)21-16-19(17-7-6-10-20-15-17)23-13-11-22(12-14-23)18-8-4-3-5-9-18/h3-10,15,19,21H,2,11-14,16H2,1H3/p+1. The Bertz CT molecular complexity index is 776. The first-order valence-electron chi connectivity index (χ1n) is 9.11. The molecule has 1 aliphatic rings. The van der Waals surface area contributed by atoms with Crippen molar-refractivity contribution in [1.82, 2.24) is 9.71 Å². The molecule has 26 heavy (non-hydrogen) atoms. The van der Waals surface area contributed by atoms with Gasteiger partial charge >= 0.3 is 0 Å². The molecule has 1 aliphatic heterocycles. The van der Waals surface area contributed by atoms with E-state index in [0.717, 1.165) is 31.7 Å². The normalized spacial score (nSPS) is 17.2. The number of hydrogen-bond acceptors (Lipinski definition) is 4. The van der Waals surface area contributed by atoms with E-state index in [1.54, 1.807) is 13.1 Å². The molecule has 6 nitrogen and oxygen atoms in total. The lowest BCUT2D eigenvalue weighted by atomic mass is 10.1. The van der Waals surface area contributed by atoms with Crippen LogP contribution < -0.4 is 14.5 Å². The molecule has 1 atom stereocenters. The largest absolute Gasteiger partial charge is 0.360 e. The van der Waals surface area contributed by atoms with Crippen LogP contribution in [0.4, 0.5) is 5.69 Å². The van der Waals surface area contributed by atoms with E-state index in [9.17, 15) is 8.42 Å². The highest BCUT2D eigenvalue weighted by atomic mass is 32.2. The highest BCUT2D eigenvalue weighted by Crippen LogP contribution is 2.14. The lowest BCUT2D eigenvalue weighted by Crippen LogP contribution is -3.15. The van der Waals surface area contributed by atoms with E-state index in [1.807, 2.05) is 24.4 Å². The molecule has 0 amide bonds. The molecular formula is C19H27N4O2S+. The maximum Gasteiger partial charge on any atom is 0.211 e. The number of pyridine rings is 1. The summed E-state index contributed by atoms with van der Waals surface area (Å²) in [7, 11) is -3.21. The highest BCUT2D eigenvalue weighted by Gasteiger charge is 2.29. The van der Waals surface area contributed by atoms with Crippen LogP contribution in [0.2, 0.25) is 0 Å². The van der Waals surface area contributed by atoms with Crippen molar-refractivity contribution in [2.24, 2.45) is 0 Å². The number of sulfonamides is 1. The lowest BCUT2D eigenvalue weighted by molar-refractivity contribution is -0.930. The summed E-state index contributed by atoms with van der Waals surface area (Å²) in [6.45, 7) is 5.90. The molecule has 0 radical (unpaired) electrons. The smallest absolute Gasteiger partial charge is 0.211 e. The molecule has 7 heteroatoms. The molecule has 140 valence electrons. The Morgan fingerprint density at radius 2 is 1.88 bits per heavy atom. The van der Waals surface area contributed by atoms with Gasteiger partial charge in [-0.3, -0.25) is 4.98 Å². The number of nitrogens with one attached hydrogen (secondary N) is 2. The summed E-state index contributed by atoms with van der Waals surface area (Å²) in [6.07, 6.45) is 3.60. The molecule has 0 saturated carbocycles. The van der Waals surface area contributed by atoms with Gasteiger partial charge in [-0.2, -0.15) is 0 Å². The van der Waals surface area contributed by atoms with Crippen molar-refractivity contribution in [1.29, 1.82) is 0 Å². The van der Waals surface area contributed by atoms with Gasteiger partial charge in [0.25, 0.3) is 0 Å². The van der Waals surface area contributed by atoms with Gasteiger partial charge in [0.05, 0.1) is 38.5 Å². The number of hydrogen-bond donors (Lipinski definition) is 2. The Labute approximate surface area is 155 Å². The zero-order valence-corrected chi connectivity index (χ0v) is 16.0. The Hall–Kier alpha value is -1.96. The van der Waals surface area contributed by atoms with Crippen LogP contribution in [0, 0.1) is 0 Å². The van der Waals surface area contributed by atoms with Crippen LogP contribution in [0.3, 0.4) is 0 Å². The van der Waals surface area contributed by atoms with Crippen molar-refractivity contribution < 1.29 is 13.3 Å². The maximum absolute atomic E-state index is 11.9. The summed E-state index contributed by atoms with van der Waals surface area (Å²) >= 11 is 0. The zero-order chi connectivity index (χ0) is 18.4. The van der Waals surface area contributed by atoms with Gasteiger partial charge in [-0.15, -0.1) is 0 Å². The Kier molecular flexibility index (Phi) is 6.24. The van der Waals surface area contributed by atoms with Gasteiger partial charge in [0.15, 0.2) is 0 Å². The van der Waals surface area contributed by atoms with Gasteiger partial charge in [-0.1, -0.05) is 18.2 Å². The number of para-hydroxylation sites is 1. The van der Waals surface area contributed by atoms with Crippen molar-refractivity contribution in [2.45, 2.75) is 13.0 Å². The maximum atomic E-state index is 11.9. The molecule has 2 heterocycles. The average Bonchev–Trinajstić information content (AvgIpc) is 2.70. The van der Waals surface area contributed by atoms with Gasteiger partial charge < -0.3 is 9.80 Å². The fourth-order valence-corrected chi connectivity index (χ4v) is 4.06. The first-order valence-corrected chi connectivity index (χ1v) is 10.8. The molecule has 0 aliphatic carbocycles. The fourth-order valence-electron chi connectivity index (χ4n) is 3.43. The van der Waals surface area contributed by atoms with Gasteiger partial charge in [-0.05, 0) is 31.2 Å². The fraction of sp³-hybridized carbons (Fsp3) is 0.421. The SMILES string of the molecule is CCS(=O)(=O)NCC(c1cccnc1)[NH+]1CCN(c2ccccc2)CC1. The van der Waals surface area contributed by atoms with Crippen LogP contribution in [-0.4, -0.2) is 51.9 Å². The van der Waals surface area contributed by atoms with Gasteiger partial charge in [-0.25, -0.2) is 13.1 Å². The predicted octanol–water partition coefficient (Wildman–Crippen LogP) is 0.467. The van der Waals surface area contributed by atoms with Crippen LogP contribution in [0.15, 0.2) is 54.9 Å². The number of anilines is 1.